The minimum atomic E-state index is -0.513. The molecule has 9 heteroatoms. The summed E-state index contributed by atoms with van der Waals surface area (Å²) in [6.07, 6.45) is 0.206. The van der Waals surface area contributed by atoms with Crippen LogP contribution in [0.3, 0.4) is 0 Å². The third kappa shape index (κ3) is 4.26. The van der Waals surface area contributed by atoms with E-state index in [1.165, 1.54) is 16.4 Å². The first-order valence-electron chi connectivity index (χ1n) is 5.88. The van der Waals surface area contributed by atoms with E-state index in [4.69, 9.17) is 23.2 Å². The van der Waals surface area contributed by atoms with Gasteiger partial charge in [0.15, 0.2) is 13.0 Å². The summed E-state index contributed by atoms with van der Waals surface area (Å²) in [6.45, 7) is 0. The molecule has 0 fully saturated rings. The third-order valence-electron chi connectivity index (χ3n) is 2.49. The molecule has 6 nitrogen and oxygen atoms in total. The topological polar surface area (TPSA) is 82.1 Å². The van der Waals surface area contributed by atoms with Crippen LogP contribution in [-0.2, 0) is 11.8 Å². The predicted octanol–water partition coefficient (Wildman–Crippen LogP) is 2.00. The first-order valence-corrected chi connectivity index (χ1v) is 7.62. The number of nitrogens with one attached hydrogen (secondary N) is 1. The molecule has 21 heavy (non-hydrogen) atoms. The predicted molar refractivity (Wildman–Crippen MR) is 77.6 cm³/mol. The smallest absolute Gasteiger partial charge is 0.290 e. The van der Waals surface area contributed by atoms with Crippen LogP contribution in [0.4, 0.5) is 5.69 Å². The molecule has 0 saturated carbocycles. The Balaban J connectivity index is 1.87. The maximum atomic E-state index is 11.8. The number of hydrogen-bond acceptors (Lipinski definition) is 5. The van der Waals surface area contributed by atoms with Crippen molar-refractivity contribution in [2.24, 2.45) is 7.05 Å². The fraction of sp³-hybridized carbons (Fsp3) is 0.250. The molecule has 0 aliphatic carbocycles. The van der Waals surface area contributed by atoms with Crippen molar-refractivity contribution in [2.75, 3.05) is 11.1 Å². The fourth-order valence-electron chi connectivity index (χ4n) is 1.51. The SMILES string of the molecule is C[n+]1noc([O-])c1SCCC(=O)Nc1cc(Cl)ccc1Cl. The van der Waals surface area contributed by atoms with Gasteiger partial charge in [-0.15, -0.1) is 0 Å². The number of amides is 1. The highest BCUT2D eigenvalue weighted by atomic mass is 35.5. The lowest BCUT2D eigenvalue weighted by molar-refractivity contribution is -0.772. The van der Waals surface area contributed by atoms with E-state index in [0.29, 0.717) is 26.5 Å². The molecule has 0 atom stereocenters. The van der Waals surface area contributed by atoms with Gasteiger partial charge in [-0.05, 0) is 18.2 Å². The van der Waals surface area contributed by atoms with Crippen LogP contribution in [0, 0.1) is 0 Å². The minimum Gasteiger partial charge on any atom is -0.538 e. The number of nitrogens with zero attached hydrogens (tertiary/aromatic N) is 2. The van der Waals surface area contributed by atoms with Gasteiger partial charge in [0, 0.05) is 17.2 Å². The Morgan fingerprint density at radius 2 is 2.29 bits per heavy atom. The zero-order valence-electron chi connectivity index (χ0n) is 10.9. The van der Waals surface area contributed by atoms with E-state index < -0.39 is 5.95 Å². The van der Waals surface area contributed by atoms with Gasteiger partial charge >= 0.3 is 0 Å². The molecule has 1 heterocycles. The van der Waals surface area contributed by atoms with Crippen molar-refractivity contribution in [1.82, 2.24) is 5.27 Å². The summed E-state index contributed by atoms with van der Waals surface area (Å²) in [7, 11) is 1.60. The number of halogens is 2. The zero-order valence-corrected chi connectivity index (χ0v) is 13.3. The third-order valence-corrected chi connectivity index (χ3v) is 4.16. The lowest BCUT2D eigenvalue weighted by Gasteiger charge is -2.07. The molecular formula is C12H11Cl2N3O3S. The van der Waals surface area contributed by atoms with Crippen molar-refractivity contribution in [3.05, 3.63) is 28.2 Å². The second-order valence-electron chi connectivity index (χ2n) is 4.06. The molecule has 0 aliphatic heterocycles. The van der Waals surface area contributed by atoms with Gasteiger partial charge in [-0.3, -0.25) is 4.79 Å². The monoisotopic (exact) mass is 347 g/mol. The van der Waals surface area contributed by atoms with Gasteiger partial charge in [0.05, 0.1) is 16.0 Å². The second-order valence-corrected chi connectivity index (χ2v) is 5.99. The number of aryl methyl sites for hydroxylation is 1. The molecule has 0 unspecified atom stereocenters. The van der Waals surface area contributed by atoms with Gasteiger partial charge in [-0.2, -0.15) is 0 Å². The summed E-state index contributed by atoms with van der Waals surface area (Å²) in [5, 5.41) is 18.7. The van der Waals surface area contributed by atoms with Gasteiger partial charge in [0.1, 0.15) is 0 Å². The van der Waals surface area contributed by atoms with Crippen LogP contribution in [0.1, 0.15) is 6.42 Å². The Morgan fingerprint density at radius 1 is 1.52 bits per heavy atom. The first kappa shape index (κ1) is 15.9. The van der Waals surface area contributed by atoms with E-state index in [-0.39, 0.29) is 12.3 Å². The van der Waals surface area contributed by atoms with E-state index >= 15 is 0 Å². The molecule has 1 N–H and O–H groups in total. The zero-order chi connectivity index (χ0) is 15.4. The van der Waals surface area contributed by atoms with Gasteiger partial charge < -0.3 is 14.9 Å². The number of thioether (sulfide) groups is 1. The van der Waals surface area contributed by atoms with E-state index in [2.05, 4.69) is 15.1 Å². The van der Waals surface area contributed by atoms with Crippen LogP contribution in [0.25, 0.3) is 0 Å². The normalized spacial score (nSPS) is 10.6. The maximum Gasteiger partial charge on any atom is 0.290 e. The van der Waals surface area contributed by atoms with Gasteiger partial charge in [-0.1, -0.05) is 39.6 Å². The van der Waals surface area contributed by atoms with E-state index in [0.717, 1.165) is 0 Å². The Bertz CT molecular complexity index is 644. The molecule has 2 rings (SSSR count). The van der Waals surface area contributed by atoms with Crippen molar-refractivity contribution < 1.29 is 19.1 Å². The van der Waals surface area contributed by atoms with E-state index in [1.54, 1.807) is 25.2 Å². The first-order chi connectivity index (χ1) is 9.97. The van der Waals surface area contributed by atoms with Crippen molar-refractivity contribution in [2.45, 2.75) is 11.4 Å². The van der Waals surface area contributed by atoms with Gasteiger partial charge in [-0.25, -0.2) is 0 Å². The number of hydrogen-bond donors (Lipinski definition) is 1. The number of rotatable bonds is 5. The molecule has 0 bridgehead atoms. The molecule has 2 aromatic rings. The van der Waals surface area contributed by atoms with Gasteiger partial charge in [0.2, 0.25) is 5.91 Å². The molecule has 0 saturated heterocycles. The molecule has 0 aliphatic rings. The Hall–Kier alpha value is -1.44. The van der Waals surface area contributed by atoms with Crippen LogP contribution in [-0.4, -0.2) is 16.9 Å². The molecule has 112 valence electrons. The Labute approximate surface area is 135 Å². The van der Waals surface area contributed by atoms with Crippen molar-refractivity contribution >= 4 is 46.6 Å². The molecule has 1 aromatic carbocycles. The average Bonchev–Trinajstić information content (AvgIpc) is 2.74. The summed E-state index contributed by atoms with van der Waals surface area (Å²) in [5.41, 5.74) is 0.458. The van der Waals surface area contributed by atoms with Crippen LogP contribution < -0.4 is 15.1 Å². The molecule has 0 radical (unpaired) electrons. The van der Waals surface area contributed by atoms with Crippen LogP contribution in [0.2, 0.25) is 10.0 Å². The summed E-state index contributed by atoms with van der Waals surface area (Å²) in [5.74, 6) is -0.326. The number of anilines is 1. The van der Waals surface area contributed by atoms with Crippen molar-refractivity contribution in [3.63, 3.8) is 0 Å². The molecule has 0 spiro atoms. The minimum absolute atomic E-state index is 0.206. The highest BCUT2D eigenvalue weighted by molar-refractivity contribution is 7.99. The molecular weight excluding hydrogens is 337 g/mol. The second kappa shape index (κ2) is 7.02. The van der Waals surface area contributed by atoms with Crippen LogP contribution >= 0.6 is 35.0 Å². The summed E-state index contributed by atoms with van der Waals surface area (Å²) in [6, 6.07) is 4.82. The van der Waals surface area contributed by atoms with Crippen LogP contribution in [0.15, 0.2) is 27.7 Å². The fourth-order valence-corrected chi connectivity index (χ4v) is 2.70. The number of carbonyl (C=O) groups excluding carboxylic acids is 1. The van der Waals surface area contributed by atoms with E-state index in [9.17, 15) is 9.90 Å². The molecule has 1 aromatic heterocycles. The number of benzene rings is 1. The highest BCUT2D eigenvalue weighted by Gasteiger charge is 2.14. The largest absolute Gasteiger partial charge is 0.538 e. The number of aromatic nitrogens is 2. The lowest BCUT2D eigenvalue weighted by Crippen LogP contribution is -2.32. The highest BCUT2D eigenvalue weighted by Crippen LogP contribution is 2.26. The quantitative estimate of drug-likeness (QED) is 0.660. The Morgan fingerprint density at radius 3 is 2.95 bits per heavy atom. The average molecular weight is 348 g/mol. The summed E-state index contributed by atoms with van der Waals surface area (Å²) >= 11 is 13.0. The van der Waals surface area contributed by atoms with Crippen LogP contribution in [0.5, 0.6) is 5.95 Å². The van der Waals surface area contributed by atoms with Crippen molar-refractivity contribution in [3.8, 4) is 5.95 Å². The van der Waals surface area contributed by atoms with Gasteiger partial charge in [0.25, 0.3) is 5.03 Å². The lowest BCUT2D eigenvalue weighted by atomic mass is 10.3. The van der Waals surface area contributed by atoms with E-state index in [1.807, 2.05) is 0 Å². The maximum absolute atomic E-state index is 11.8. The summed E-state index contributed by atoms with van der Waals surface area (Å²) < 4.78 is 5.81. The summed E-state index contributed by atoms with van der Waals surface area (Å²) in [4.78, 5) is 11.8. The molecule has 1 amide bonds. The number of carbonyl (C=O) groups is 1. The standard InChI is InChI=1S/C12H11Cl2N3O3S/c1-17-11(12(19)20-16-17)21-5-4-10(18)15-9-6-7(13)2-3-8(9)14/h2-3,6H,4-5H2,1H3,(H-,15,16,18,19). The Kier molecular flexibility index (Phi) is 5.33. The van der Waals surface area contributed by atoms with Crippen molar-refractivity contribution in [1.29, 1.82) is 0 Å².